The van der Waals surface area contributed by atoms with Gasteiger partial charge in [-0.3, -0.25) is 9.59 Å². The van der Waals surface area contributed by atoms with E-state index in [1.807, 2.05) is 0 Å². The molecular weight excluding hydrogens is 212 g/mol. The van der Waals surface area contributed by atoms with Gasteiger partial charge >= 0.3 is 5.97 Å². The van der Waals surface area contributed by atoms with Crippen molar-refractivity contribution in [1.82, 2.24) is 10.2 Å². The number of ether oxygens (including phenoxy) is 1. The summed E-state index contributed by atoms with van der Waals surface area (Å²) in [6, 6.07) is -0.247. The average molecular weight is 230 g/mol. The lowest BCUT2D eigenvalue weighted by atomic mass is 10.2. The van der Waals surface area contributed by atoms with Gasteiger partial charge in [0.1, 0.15) is 0 Å². The van der Waals surface area contributed by atoms with E-state index in [1.165, 1.54) is 0 Å². The lowest BCUT2D eigenvalue weighted by molar-refractivity contribution is -0.148. The van der Waals surface area contributed by atoms with E-state index in [1.54, 1.807) is 18.9 Å². The number of nitrogens with one attached hydrogen (secondary N) is 1. The fourth-order valence-electron chi connectivity index (χ4n) is 1.64. The maximum atomic E-state index is 11.8. The van der Waals surface area contributed by atoms with Crippen LogP contribution in [0.4, 0.5) is 0 Å². The van der Waals surface area contributed by atoms with Crippen LogP contribution in [0.2, 0.25) is 0 Å². The maximum Gasteiger partial charge on any atom is 0.306 e. The van der Waals surface area contributed by atoms with Crippen LogP contribution in [0.1, 0.15) is 13.3 Å². The fraction of sp³-hybridized carbons (Fsp3) is 0.800. The predicted octanol–water partition coefficient (Wildman–Crippen LogP) is -0.704. The Labute approximate surface area is 94.6 Å². The number of likely N-dealkylation sites (N-methyl/N-ethyl adjacent to an activating group) is 1. The Kier molecular flexibility index (Phi) is 4.70. The van der Waals surface area contributed by atoms with Crippen LogP contribution in [0.25, 0.3) is 0 Å². The van der Waals surface area contributed by atoms with E-state index in [9.17, 15) is 9.59 Å². The molecule has 1 amide bonds. The third kappa shape index (κ3) is 3.46. The first-order valence-corrected chi connectivity index (χ1v) is 5.34. The van der Waals surface area contributed by atoms with Gasteiger partial charge in [0.25, 0.3) is 0 Å². The van der Waals surface area contributed by atoms with Gasteiger partial charge in [0, 0.05) is 13.1 Å². The molecule has 6 nitrogen and oxygen atoms in total. The normalized spacial score (nSPS) is 22.9. The van der Waals surface area contributed by atoms with Crippen LogP contribution in [0.15, 0.2) is 0 Å². The first-order chi connectivity index (χ1) is 7.54. The van der Waals surface area contributed by atoms with Crippen LogP contribution in [-0.4, -0.2) is 60.8 Å². The number of hydrogen-bond acceptors (Lipinski definition) is 4. The summed E-state index contributed by atoms with van der Waals surface area (Å²) >= 11 is 0. The number of morpholine rings is 1. The summed E-state index contributed by atoms with van der Waals surface area (Å²) in [5, 5.41) is 11.5. The van der Waals surface area contributed by atoms with Gasteiger partial charge in [-0.25, -0.2) is 0 Å². The van der Waals surface area contributed by atoms with Gasteiger partial charge in [-0.1, -0.05) is 0 Å². The summed E-state index contributed by atoms with van der Waals surface area (Å²) in [5.41, 5.74) is 0. The number of hydrogen-bond donors (Lipinski definition) is 2. The van der Waals surface area contributed by atoms with Crippen LogP contribution in [0.3, 0.4) is 0 Å². The Morgan fingerprint density at radius 3 is 2.88 bits per heavy atom. The first kappa shape index (κ1) is 12.9. The Hall–Kier alpha value is -1.14. The van der Waals surface area contributed by atoms with Crippen molar-refractivity contribution in [3.8, 4) is 0 Å². The third-order valence-corrected chi connectivity index (χ3v) is 2.66. The van der Waals surface area contributed by atoms with E-state index in [4.69, 9.17) is 9.84 Å². The van der Waals surface area contributed by atoms with Crippen molar-refractivity contribution < 1.29 is 19.4 Å². The molecule has 0 aromatic rings. The molecule has 1 saturated heterocycles. The molecule has 0 aromatic carbocycles. The Bertz CT molecular complexity index is 270. The number of rotatable bonds is 4. The highest BCUT2D eigenvalue weighted by Gasteiger charge is 2.27. The number of carbonyl (C=O) groups is 2. The molecule has 2 N–H and O–H groups in total. The number of aliphatic carboxylic acids is 1. The van der Waals surface area contributed by atoms with E-state index in [2.05, 4.69) is 5.32 Å². The van der Waals surface area contributed by atoms with Crippen molar-refractivity contribution in [2.75, 3.05) is 26.7 Å². The summed E-state index contributed by atoms with van der Waals surface area (Å²) in [7, 11) is 1.72. The van der Waals surface area contributed by atoms with Gasteiger partial charge in [0.05, 0.1) is 25.2 Å². The van der Waals surface area contributed by atoms with Gasteiger partial charge in [0.15, 0.2) is 0 Å². The summed E-state index contributed by atoms with van der Waals surface area (Å²) in [4.78, 5) is 24.0. The Morgan fingerprint density at radius 2 is 2.31 bits per heavy atom. The molecule has 1 aliphatic rings. The van der Waals surface area contributed by atoms with Crippen molar-refractivity contribution in [1.29, 1.82) is 0 Å². The lowest BCUT2D eigenvalue weighted by Gasteiger charge is -2.33. The molecule has 1 fully saturated rings. The first-order valence-electron chi connectivity index (χ1n) is 5.34. The van der Waals surface area contributed by atoms with Crippen molar-refractivity contribution in [2.45, 2.75) is 25.5 Å². The second-order valence-corrected chi connectivity index (χ2v) is 3.89. The lowest BCUT2D eigenvalue weighted by Crippen LogP contribution is -2.51. The summed E-state index contributed by atoms with van der Waals surface area (Å²) in [6.45, 7) is 3.07. The van der Waals surface area contributed by atoms with Crippen LogP contribution in [0.5, 0.6) is 0 Å². The summed E-state index contributed by atoms with van der Waals surface area (Å²) in [6.07, 6.45) is -0.447. The van der Waals surface area contributed by atoms with Crippen molar-refractivity contribution in [3.63, 3.8) is 0 Å². The van der Waals surface area contributed by atoms with Gasteiger partial charge in [-0.2, -0.15) is 0 Å². The minimum absolute atomic E-state index is 0.0128. The van der Waals surface area contributed by atoms with Crippen molar-refractivity contribution >= 4 is 11.9 Å². The fourth-order valence-corrected chi connectivity index (χ4v) is 1.64. The minimum Gasteiger partial charge on any atom is -0.481 e. The van der Waals surface area contributed by atoms with Crippen molar-refractivity contribution in [2.24, 2.45) is 0 Å². The minimum atomic E-state index is -0.902. The maximum absolute atomic E-state index is 11.8. The number of carbonyl (C=O) groups excluding carboxylic acids is 1. The van der Waals surface area contributed by atoms with Gasteiger partial charge < -0.3 is 20.1 Å². The predicted molar refractivity (Wildman–Crippen MR) is 57.1 cm³/mol. The van der Waals surface area contributed by atoms with Crippen LogP contribution >= 0.6 is 0 Å². The molecule has 0 aliphatic carbocycles. The van der Waals surface area contributed by atoms with Gasteiger partial charge in [0.2, 0.25) is 5.91 Å². The molecule has 0 radical (unpaired) electrons. The molecule has 6 heteroatoms. The van der Waals surface area contributed by atoms with E-state index in [0.29, 0.717) is 19.7 Å². The number of carboxylic acid groups (broad SMARTS) is 1. The molecule has 2 unspecified atom stereocenters. The molecule has 1 aliphatic heterocycles. The molecule has 92 valence electrons. The van der Waals surface area contributed by atoms with Crippen LogP contribution < -0.4 is 5.32 Å². The molecule has 1 heterocycles. The second kappa shape index (κ2) is 5.81. The number of nitrogens with zero attached hydrogens (tertiary/aromatic N) is 1. The summed E-state index contributed by atoms with van der Waals surface area (Å²) in [5.74, 6) is -0.915. The highest BCUT2D eigenvalue weighted by atomic mass is 16.5. The smallest absolute Gasteiger partial charge is 0.306 e. The van der Waals surface area contributed by atoms with Crippen molar-refractivity contribution in [3.05, 3.63) is 0 Å². The van der Waals surface area contributed by atoms with Gasteiger partial charge in [-0.15, -0.1) is 0 Å². The standard InChI is InChI=1S/C10H18N2O4/c1-7(11-2)10(15)12-3-4-16-8(6-12)5-9(13)14/h7-8,11H,3-6H2,1-2H3,(H,13,14). The average Bonchev–Trinajstić information content (AvgIpc) is 2.26. The highest BCUT2D eigenvalue weighted by Crippen LogP contribution is 2.09. The quantitative estimate of drug-likeness (QED) is 0.667. The SMILES string of the molecule is CNC(C)C(=O)N1CCOC(CC(=O)O)C1. The van der Waals surface area contributed by atoms with E-state index in [-0.39, 0.29) is 24.5 Å². The monoisotopic (exact) mass is 230 g/mol. The topological polar surface area (TPSA) is 78.9 Å². The Balaban J connectivity index is 2.49. The molecule has 16 heavy (non-hydrogen) atoms. The molecule has 1 rings (SSSR count). The summed E-state index contributed by atoms with van der Waals surface area (Å²) < 4.78 is 5.29. The highest BCUT2D eigenvalue weighted by molar-refractivity contribution is 5.81. The molecule has 0 spiro atoms. The molecular formula is C10H18N2O4. The Morgan fingerprint density at radius 1 is 1.62 bits per heavy atom. The molecule has 0 saturated carbocycles. The number of carboxylic acids is 1. The number of amides is 1. The second-order valence-electron chi connectivity index (χ2n) is 3.89. The largest absolute Gasteiger partial charge is 0.481 e. The van der Waals surface area contributed by atoms with E-state index < -0.39 is 5.97 Å². The third-order valence-electron chi connectivity index (χ3n) is 2.66. The zero-order valence-electron chi connectivity index (χ0n) is 9.60. The molecule has 2 atom stereocenters. The van der Waals surface area contributed by atoms with Crippen LogP contribution in [-0.2, 0) is 14.3 Å². The van der Waals surface area contributed by atoms with Crippen LogP contribution in [0, 0.1) is 0 Å². The molecule has 0 bridgehead atoms. The van der Waals surface area contributed by atoms with Gasteiger partial charge in [-0.05, 0) is 14.0 Å². The van der Waals surface area contributed by atoms with E-state index >= 15 is 0 Å². The molecule has 0 aromatic heterocycles. The van der Waals surface area contributed by atoms with E-state index in [0.717, 1.165) is 0 Å². The zero-order valence-corrected chi connectivity index (χ0v) is 9.60. The zero-order chi connectivity index (χ0) is 12.1.